The average molecular weight is 275 g/mol. The highest BCUT2D eigenvalue weighted by molar-refractivity contribution is 7.99. The molecule has 0 radical (unpaired) electrons. The van der Waals surface area contributed by atoms with Gasteiger partial charge in [-0.25, -0.2) is 4.98 Å². The van der Waals surface area contributed by atoms with E-state index in [-0.39, 0.29) is 5.91 Å². The zero-order chi connectivity index (χ0) is 13.7. The highest BCUT2D eigenvalue weighted by Gasteiger charge is 2.09. The van der Waals surface area contributed by atoms with Crippen LogP contribution in [-0.4, -0.2) is 21.2 Å². The quantitative estimate of drug-likeness (QED) is 0.852. The number of nitrogens with one attached hydrogen (secondary N) is 1. The van der Waals surface area contributed by atoms with Crippen molar-refractivity contribution in [2.75, 3.05) is 11.1 Å². The van der Waals surface area contributed by atoms with Gasteiger partial charge in [0.25, 0.3) is 0 Å². The second-order valence-electron chi connectivity index (χ2n) is 4.41. The summed E-state index contributed by atoms with van der Waals surface area (Å²) in [4.78, 5) is 16.1. The molecule has 0 bridgehead atoms. The van der Waals surface area contributed by atoms with E-state index in [1.165, 1.54) is 11.8 Å². The first-order valence-corrected chi connectivity index (χ1v) is 7.16. The minimum atomic E-state index is -0.0190. The molecule has 0 spiro atoms. The van der Waals surface area contributed by atoms with Crippen LogP contribution in [-0.2, 0) is 4.79 Å². The van der Waals surface area contributed by atoms with Gasteiger partial charge in [0.1, 0.15) is 0 Å². The Bertz CT molecular complexity index is 537. The van der Waals surface area contributed by atoms with Gasteiger partial charge in [-0.1, -0.05) is 30.0 Å². The molecule has 0 saturated heterocycles. The van der Waals surface area contributed by atoms with Crippen LogP contribution >= 0.6 is 11.8 Å². The third kappa shape index (κ3) is 3.86. The standard InChI is InChI=1S/C14H17N3OS/c1-11(2)17-9-8-15-14(17)19-10-13(18)16-12-6-4-3-5-7-12/h3-9,11H,10H2,1-2H3,(H,16,18). The Hall–Kier alpha value is -1.75. The molecule has 1 aromatic carbocycles. The van der Waals surface area contributed by atoms with Crippen LogP contribution < -0.4 is 5.32 Å². The second kappa shape index (κ2) is 6.43. The highest BCUT2D eigenvalue weighted by Crippen LogP contribution is 2.19. The number of imidazole rings is 1. The number of hydrogen-bond donors (Lipinski definition) is 1. The van der Waals surface area contributed by atoms with E-state index in [9.17, 15) is 4.79 Å². The Balaban J connectivity index is 1.88. The maximum Gasteiger partial charge on any atom is 0.234 e. The summed E-state index contributed by atoms with van der Waals surface area (Å²) in [5, 5.41) is 3.73. The Kier molecular flexibility index (Phi) is 4.63. The molecule has 0 aliphatic heterocycles. The number of aromatic nitrogens is 2. The van der Waals surface area contributed by atoms with E-state index >= 15 is 0 Å². The molecule has 0 saturated carbocycles. The van der Waals surface area contributed by atoms with Gasteiger partial charge in [-0.15, -0.1) is 0 Å². The number of carbonyl (C=O) groups is 1. The topological polar surface area (TPSA) is 46.9 Å². The van der Waals surface area contributed by atoms with E-state index in [4.69, 9.17) is 0 Å². The van der Waals surface area contributed by atoms with Crippen molar-refractivity contribution in [3.8, 4) is 0 Å². The lowest BCUT2D eigenvalue weighted by atomic mass is 10.3. The SMILES string of the molecule is CC(C)n1ccnc1SCC(=O)Nc1ccccc1. The summed E-state index contributed by atoms with van der Waals surface area (Å²) in [6.45, 7) is 4.19. The van der Waals surface area contributed by atoms with Crippen molar-refractivity contribution in [3.05, 3.63) is 42.7 Å². The number of nitrogens with zero attached hydrogens (tertiary/aromatic N) is 2. The van der Waals surface area contributed by atoms with Gasteiger partial charge in [0, 0.05) is 24.1 Å². The molecular weight excluding hydrogens is 258 g/mol. The molecule has 2 aromatic rings. The molecule has 5 heteroatoms. The maximum absolute atomic E-state index is 11.8. The van der Waals surface area contributed by atoms with E-state index in [2.05, 4.69) is 28.7 Å². The molecule has 1 heterocycles. The molecule has 0 atom stereocenters. The lowest BCUT2D eigenvalue weighted by molar-refractivity contribution is -0.113. The molecule has 100 valence electrons. The fourth-order valence-electron chi connectivity index (χ4n) is 1.65. The third-order valence-electron chi connectivity index (χ3n) is 2.58. The molecule has 4 nitrogen and oxygen atoms in total. The average Bonchev–Trinajstić information content (AvgIpc) is 2.86. The van der Waals surface area contributed by atoms with Crippen molar-refractivity contribution in [3.63, 3.8) is 0 Å². The van der Waals surface area contributed by atoms with E-state index in [1.807, 2.05) is 36.5 Å². The van der Waals surface area contributed by atoms with Crippen molar-refractivity contribution >= 4 is 23.4 Å². The van der Waals surface area contributed by atoms with Crippen LogP contribution in [0.3, 0.4) is 0 Å². The molecule has 1 amide bonds. The second-order valence-corrected chi connectivity index (χ2v) is 5.36. The summed E-state index contributed by atoms with van der Waals surface area (Å²) in [6.07, 6.45) is 3.69. The molecule has 2 rings (SSSR count). The van der Waals surface area contributed by atoms with Gasteiger partial charge in [0.15, 0.2) is 5.16 Å². The maximum atomic E-state index is 11.8. The van der Waals surface area contributed by atoms with Crippen molar-refractivity contribution in [2.45, 2.75) is 25.0 Å². The Morgan fingerprint density at radius 3 is 2.79 bits per heavy atom. The molecule has 0 aliphatic carbocycles. The van der Waals surface area contributed by atoms with Gasteiger partial charge in [0.05, 0.1) is 5.75 Å². The number of carbonyl (C=O) groups excluding carboxylic acids is 1. The zero-order valence-corrected chi connectivity index (χ0v) is 11.9. The minimum Gasteiger partial charge on any atom is -0.325 e. The number of hydrogen-bond acceptors (Lipinski definition) is 3. The Morgan fingerprint density at radius 1 is 1.37 bits per heavy atom. The molecule has 1 N–H and O–H groups in total. The van der Waals surface area contributed by atoms with Crippen molar-refractivity contribution in [1.82, 2.24) is 9.55 Å². The lowest BCUT2D eigenvalue weighted by Gasteiger charge is -2.10. The predicted molar refractivity (Wildman–Crippen MR) is 78.4 cm³/mol. The zero-order valence-electron chi connectivity index (χ0n) is 11.0. The van der Waals surface area contributed by atoms with Crippen LogP contribution in [0.4, 0.5) is 5.69 Å². The number of thioether (sulfide) groups is 1. The van der Waals surface area contributed by atoms with Crippen LogP contribution in [0.25, 0.3) is 0 Å². The normalized spacial score (nSPS) is 10.7. The molecule has 0 aliphatic rings. The van der Waals surface area contributed by atoms with Gasteiger partial charge in [-0.2, -0.15) is 0 Å². The smallest absolute Gasteiger partial charge is 0.234 e. The van der Waals surface area contributed by atoms with Gasteiger partial charge >= 0.3 is 0 Å². The van der Waals surface area contributed by atoms with E-state index in [1.54, 1.807) is 6.20 Å². The monoisotopic (exact) mass is 275 g/mol. The van der Waals surface area contributed by atoms with Crippen molar-refractivity contribution in [1.29, 1.82) is 0 Å². The summed E-state index contributed by atoms with van der Waals surface area (Å²) >= 11 is 1.45. The van der Waals surface area contributed by atoms with Gasteiger partial charge in [-0.05, 0) is 26.0 Å². The minimum absolute atomic E-state index is 0.0190. The summed E-state index contributed by atoms with van der Waals surface area (Å²) < 4.78 is 2.06. The summed E-state index contributed by atoms with van der Waals surface area (Å²) in [5.74, 6) is 0.341. The molecule has 0 unspecified atom stereocenters. The van der Waals surface area contributed by atoms with Crippen LogP contribution in [0.5, 0.6) is 0 Å². The fraction of sp³-hybridized carbons (Fsp3) is 0.286. The largest absolute Gasteiger partial charge is 0.325 e. The van der Waals surface area contributed by atoms with Crippen molar-refractivity contribution < 1.29 is 4.79 Å². The molecule has 0 fully saturated rings. The summed E-state index contributed by atoms with van der Waals surface area (Å²) in [5.41, 5.74) is 0.820. The number of rotatable bonds is 5. The summed E-state index contributed by atoms with van der Waals surface area (Å²) in [6, 6.07) is 9.81. The third-order valence-corrected chi connectivity index (χ3v) is 3.56. The first-order chi connectivity index (χ1) is 9.16. The first kappa shape index (κ1) is 13.7. The fourth-order valence-corrected chi connectivity index (χ4v) is 2.54. The Morgan fingerprint density at radius 2 is 2.11 bits per heavy atom. The van der Waals surface area contributed by atoms with Crippen molar-refractivity contribution in [2.24, 2.45) is 0 Å². The molecule has 1 aromatic heterocycles. The van der Waals surface area contributed by atoms with Gasteiger partial charge < -0.3 is 9.88 Å². The van der Waals surface area contributed by atoms with Gasteiger partial charge in [-0.3, -0.25) is 4.79 Å². The number of amides is 1. The number of para-hydroxylation sites is 1. The van der Waals surface area contributed by atoms with Gasteiger partial charge in [0.2, 0.25) is 5.91 Å². The van der Waals surface area contributed by atoms with Crippen LogP contribution in [0.1, 0.15) is 19.9 Å². The number of anilines is 1. The lowest BCUT2D eigenvalue weighted by Crippen LogP contribution is -2.14. The van der Waals surface area contributed by atoms with E-state index in [0.29, 0.717) is 11.8 Å². The number of benzene rings is 1. The van der Waals surface area contributed by atoms with E-state index in [0.717, 1.165) is 10.8 Å². The predicted octanol–water partition coefficient (Wildman–Crippen LogP) is 3.19. The van der Waals surface area contributed by atoms with Crippen LogP contribution in [0.15, 0.2) is 47.9 Å². The Labute approximate surface area is 117 Å². The first-order valence-electron chi connectivity index (χ1n) is 6.17. The van der Waals surface area contributed by atoms with Crippen LogP contribution in [0.2, 0.25) is 0 Å². The molecular formula is C14H17N3OS. The van der Waals surface area contributed by atoms with Crippen LogP contribution in [0, 0.1) is 0 Å². The van der Waals surface area contributed by atoms with E-state index < -0.39 is 0 Å². The molecule has 19 heavy (non-hydrogen) atoms. The summed E-state index contributed by atoms with van der Waals surface area (Å²) in [7, 11) is 0. The highest BCUT2D eigenvalue weighted by atomic mass is 32.2.